The van der Waals surface area contributed by atoms with Crippen LogP contribution < -0.4 is 10.6 Å². The molecule has 2 amide bonds. The quantitative estimate of drug-likeness (QED) is 0.511. The van der Waals surface area contributed by atoms with Crippen LogP contribution in [0, 0.1) is 17.2 Å². The van der Waals surface area contributed by atoms with Crippen LogP contribution in [0.15, 0.2) is 0 Å². The maximum Gasteiger partial charge on any atom is 0.325 e. The number of carbonyl (C=O) groups is 3. The Kier molecular flexibility index (Phi) is 8.45. The van der Waals surface area contributed by atoms with Gasteiger partial charge in [0.05, 0.1) is 5.56 Å². The van der Waals surface area contributed by atoms with Gasteiger partial charge >= 0.3 is 5.97 Å². The summed E-state index contributed by atoms with van der Waals surface area (Å²) in [4.78, 5) is 36.6. The number of thiophene rings is 1. The Morgan fingerprint density at radius 3 is 2.64 bits per heavy atom. The molecule has 28 heavy (non-hydrogen) atoms. The van der Waals surface area contributed by atoms with E-state index in [1.165, 1.54) is 11.3 Å². The monoisotopic (exact) mass is 405 g/mol. The number of hydrogen-bond donors (Lipinski definition) is 2. The number of nitrogens with zero attached hydrogens (tertiary/aromatic N) is 1. The highest BCUT2D eigenvalue weighted by atomic mass is 32.1. The molecule has 1 heterocycles. The zero-order chi connectivity index (χ0) is 20.5. The standard InChI is InChI=1S/C20H27N3O4S/c1-13(2)8-9-17(24)22-11-19(26)27-12-18(25)23-20-15(10-21)14-6-4-3-5-7-16(14)28-20/h13H,3-9,11-12H2,1-2H3,(H,22,24)(H,23,25). The van der Waals surface area contributed by atoms with Crippen LogP contribution in [-0.2, 0) is 32.0 Å². The maximum atomic E-state index is 12.1. The van der Waals surface area contributed by atoms with E-state index in [4.69, 9.17) is 4.74 Å². The molecule has 0 unspecified atom stereocenters. The predicted octanol–water partition coefficient (Wildman–Crippen LogP) is 2.92. The highest BCUT2D eigenvalue weighted by Crippen LogP contribution is 2.36. The van der Waals surface area contributed by atoms with Crippen LogP contribution in [0.4, 0.5) is 5.00 Å². The number of aryl methyl sites for hydroxylation is 1. The SMILES string of the molecule is CC(C)CCC(=O)NCC(=O)OCC(=O)Nc1sc2c(c1C#N)CCCCC2. The lowest BCUT2D eigenvalue weighted by molar-refractivity contribution is -0.147. The summed E-state index contributed by atoms with van der Waals surface area (Å²) >= 11 is 1.43. The van der Waals surface area contributed by atoms with Crippen molar-refractivity contribution in [1.29, 1.82) is 5.26 Å². The molecule has 0 fully saturated rings. The van der Waals surface area contributed by atoms with Crippen molar-refractivity contribution in [2.24, 2.45) is 5.92 Å². The molecule has 1 aliphatic carbocycles. The summed E-state index contributed by atoms with van der Waals surface area (Å²) in [7, 11) is 0. The molecule has 1 aromatic heterocycles. The van der Waals surface area contributed by atoms with E-state index in [-0.39, 0.29) is 12.5 Å². The number of esters is 1. The van der Waals surface area contributed by atoms with Crippen molar-refractivity contribution < 1.29 is 19.1 Å². The first-order valence-electron chi connectivity index (χ1n) is 9.67. The topological polar surface area (TPSA) is 108 Å². The Morgan fingerprint density at radius 1 is 1.18 bits per heavy atom. The van der Waals surface area contributed by atoms with Gasteiger partial charge in [-0.15, -0.1) is 11.3 Å². The maximum absolute atomic E-state index is 12.1. The number of hydrogen-bond acceptors (Lipinski definition) is 6. The number of carbonyl (C=O) groups excluding carboxylic acids is 3. The predicted molar refractivity (Wildman–Crippen MR) is 107 cm³/mol. The third-order valence-electron chi connectivity index (χ3n) is 4.53. The van der Waals surface area contributed by atoms with Crippen LogP contribution in [-0.4, -0.2) is 30.9 Å². The molecule has 7 nitrogen and oxygen atoms in total. The number of fused-ring (bicyclic) bond motifs is 1. The van der Waals surface area contributed by atoms with Gasteiger partial charge in [0.2, 0.25) is 5.91 Å². The number of rotatable bonds is 8. The van der Waals surface area contributed by atoms with Crippen molar-refractivity contribution >= 4 is 34.1 Å². The summed E-state index contributed by atoms with van der Waals surface area (Å²) in [5.74, 6) is -0.969. The minimum absolute atomic E-state index is 0.214. The molecule has 152 valence electrons. The third-order valence-corrected chi connectivity index (χ3v) is 5.74. The lowest BCUT2D eigenvalue weighted by Gasteiger charge is -2.08. The minimum atomic E-state index is -0.671. The average molecular weight is 406 g/mol. The van der Waals surface area contributed by atoms with Crippen LogP contribution in [0.2, 0.25) is 0 Å². The fourth-order valence-corrected chi connectivity index (χ4v) is 4.24. The van der Waals surface area contributed by atoms with Crippen molar-refractivity contribution in [3.63, 3.8) is 0 Å². The van der Waals surface area contributed by atoms with Gasteiger partial charge in [-0.1, -0.05) is 20.3 Å². The first kappa shape index (κ1) is 21.9. The van der Waals surface area contributed by atoms with Gasteiger partial charge < -0.3 is 15.4 Å². The zero-order valence-electron chi connectivity index (χ0n) is 16.4. The molecule has 0 aliphatic heterocycles. The van der Waals surface area contributed by atoms with Gasteiger partial charge in [-0.25, -0.2) is 0 Å². The fraction of sp³-hybridized carbons (Fsp3) is 0.600. The molecule has 2 N–H and O–H groups in total. The van der Waals surface area contributed by atoms with Gasteiger partial charge in [-0.05, 0) is 43.6 Å². The average Bonchev–Trinajstić information content (AvgIpc) is 2.82. The van der Waals surface area contributed by atoms with Gasteiger partial charge in [0.15, 0.2) is 6.61 Å². The van der Waals surface area contributed by atoms with Crippen LogP contribution in [0.1, 0.15) is 62.0 Å². The molecule has 0 spiro atoms. The molecular formula is C20H27N3O4S. The third kappa shape index (κ3) is 6.64. The minimum Gasteiger partial charge on any atom is -0.454 e. The highest BCUT2D eigenvalue weighted by molar-refractivity contribution is 7.16. The molecule has 0 saturated heterocycles. The van der Waals surface area contributed by atoms with Crippen LogP contribution in [0.25, 0.3) is 0 Å². The lowest BCUT2D eigenvalue weighted by Crippen LogP contribution is -2.32. The van der Waals surface area contributed by atoms with Gasteiger partial charge in [0, 0.05) is 11.3 Å². The summed E-state index contributed by atoms with van der Waals surface area (Å²) in [6, 6.07) is 2.19. The van der Waals surface area contributed by atoms with Crippen LogP contribution in [0.5, 0.6) is 0 Å². The Morgan fingerprint density at radius 2 is 1.93 bits per heavy atom. The number of nitriles is 1. The fourth-order valence-electron chi connectivity index (χ4n) is 2.99. The summed E-state index contributed by atoms with van der Waals surface area (Å²) in [6.07, 6.45) is 6.17. The summed E-state index contributed by atoms with van der Waals surface area (Å²) in [6.45, 7) is 3.32. The van der Waals surface area contributed by atoms with E-state index < -0.39 is 18.5 Å². The second-order valence-corrected chi connectivity index (χ2v) is 8.40. The van der Waals surface area contributed by atoms with Gasteiger partial charge in [0.1, 0.15) is 17.6 Å². The van der Waals surface area contributed by atoms with Crippen molar-refractivity contribution in [2.45, 2.75) is 58.8 Å². The van der Waals surface area contributed by atoms with E-state index in [1.807, 2.05) is 13.8 Å². The highest BCUT2D eigenvalue weighted by Gasteiger charge is 2.21. The smallest absolute Gasteiger partial charge is 0.325 e. The van der Waals surface area contributed by atoms with E-state index in [9.17, 15) is 19.6 Å². The van der Waals surface area contributed by atoms with Crippen molar-refractivity contribution in [3.8, 4) is 6.07 Å². The molecule has 1 aliphatic rings. The number of anilines is 1. The molecule has 8 heteroatoms. The van der Waals surface area contributed by atoms with E-state index in [1.54, 1.807) is 0 Å². The van der Waals surface area contributed by atoms with Crippen molar-refractivity contribution in [1.82, 2.24) is 5.32 Å². The summed E-state index contributed by atoms with van der Waals surface area (Å²) in [5.41, 5.74) is 1.57. The van der Waals surface area contributed by atoms with Gasteiger partial charge in [-0.3, -0.25) is 14.4 Å². The van der Waals surface area contributed by atoms with Gasteiger partial charge in [-0.2, -0.15) is 5.26 Å². The molecule has 0 aromatic carbocycles. The Labute approximate surface area is 169 Å². The lowest BCUT2D eigenvalue weighted by atomic mass is 10.1. The normalized spacial score (nSPS) is 13.2. The van der Waals surface area contributed by atoms with Crippen LogP contribution in [0.3, 0.4) is 0 Å². The number of amides is 2. The molecular weight excluding hydrogens is 378 g/mol. The molecule has 0 atom stereocenters. The van der Waals surface area contributed by atoms with E-state index in [0.717, 1.165) is 49.0 Å². The van der Waals surface area contributed by atoms with E-state index in [0.29, 0.717) is 22.9 Å². The molecule has 1 aromatic rings. The summed E-state index contributed by atoms with van der Waals surface area (Å²) in [5, 5.41) is 15.2. The summed E-state index contributed by atoms with van der Waals surface area (Å²) < 4.78 is 4.90. The van der Waals surface area contributed by atoms with E-state index in [2.05, 4.69) is 16.7 Å². The molecule has 0 radical (unpaired) electrons. The Hall–Kier alpha value is -2.40. The molecule has 0 saturated carbocycles. The Balaban J connectivity index is 1.79. The van der Waals surface area contributed by atoms with Crippen molar-refractivity contribution in [3.05, 3.63) is 16.0 Å². The first-order valence-corrected chi connectivity index (χ1v) is 10.5. The van der Waals surface area contributed by atoms with Crippen LogP contribution >= 0.6 is 11.3 Å². The molecule has 2 rings (SSSR count). The number of nitrogens with one attached hydrogen (secondary N) is 2. The zero-order valence-corrected chi connectivity index (χ0v) is 17.2. The largest absolute Gasteiger partial charge is 0.454 e. The van der Waals surface area contributed by atoms with Gasteiger partial charge in [0.25, 0.3) is 5.91 Å². The first-order chi connectivity index (χ1) is 13.4. The molecule has 0 bridgehead atoms. The second kappa shape index (κ2) is 10.8. The Bertz CT molecular complexity index is 764. The number of ether oxygens (including phenoxy) is 1. The van der Waals surface area contributed by atoms with E-state index >= 15 is 0 Å². The second-order valence-electron chi connectivity index (χ2n) is 7.30. The van der Waals surface area contributed by atoms with Crippen molar-refractivity contribution in [2.75, 3.05) is 18.5 Å².